The van der Waals surface area contributed by atoms with Gasteiger partial charge in [-0.05, 0) is 30.7 Å². The van der Waals surface area contributed by atoms with Gasteiger partial charge in [0.15, 0.2) is 0 Å². The van der Waals surface area contributed by atoms with Crippen LogP contribution in [0, 0.1) is 6.92 Å². The van der Waals surface area contributed by atoms with E-state index in [0.717, 1.165) is 26.9 Å². The highest BCUT2D eigenvalue weighted by atomic mass is 32.1. The summed E-state index contributed by atoms with van der Waals surface area (Å²) in [6, 6.07) is 5.74. The molecule has 0 radical (unpaired) electrons. The number of hydrogen-bond acceptors (Lipinski definition) is 3. The minimum absolute atomic E-state index is 0.857. The average molecular weight is 219 g/mol. The number of nitrogens with zero attached hydrogens (tertiary/aromatic N) is 1. The average Bonchev–Trinajstić information content (AvgIpc) is 2.53. The molecule has 0 amide bonds. The molecule has 1 heterocycles. The van der Waals surface area contributed by atoms with E-state index in [-0.39, 0.29) is 0 Å². The minimum Gasteiger partial charge on any atom is -0.478 e. The Kier molecular flexibility index (Phi) is 2.51. The highest BCUT2D eigenvalue weighted by molar-refractivity contribution is 7.18. The summed E-state index contributed by atoms with van der Waals surface area (Å²) in [5.74, 6) is -0.940. The molecule has 15 heavy (non-hydrogen) atoms. The van der Waals surface area contributed by atoms with Crippen LogP contribution < -0.4 is 0 Å². The lowest BCUT2D eigenvalue weighted by Crippen LogP contribution is -1.85. The fraction of sp³-hybridized carbons (Fsp3) is 0.0909. The van der Waals surface area contributed by atoms with Crippen molar-refractivity contribution in [3.8, 4) is 0 Å². The maximum absolute atomic E-state index is 10.3. The molecule has 76 valence electrons. The molecule has 1 aromatic carbocycles. The van der Waals surface area contributed by atoms with Gasteiger partial charge in [0.05, 0.1) is 15.2 Å². The summed E-state index contributed by atoms with van der Waals surface area (Å²) in [4.78, 5) is 14.7. The van der Waals surface area contributed by atoms with Gasteiger partial charge in [-0.1, -0.05) is 6.07 Å². The standard InChI is InChI=1S/C11H9NO2S/c1-7-12-9-6-8(3-5-11(13)14)2-4-10(9)15-7/h2-6H,1H3,(H,13,14)/b5-3+. The largest absolute Gasteiger partial charge is 0.478 e. The first-order chi connectivity index (χ1) is 7.15. The number of carboxylic acids is 1. The zero-order chi connectivity index (χ0) is 10.8. The monoisotopic (exact) mass is 219 g/mol. The Morgan fingerprint density at radius 1 is 1.53 bits per heavy atom. The molecular weight excluding hydrogens is 210 g/mol. The topological polar surface area (TPSA) is 50.2 Å². The van der Waals surface area contributed by atoms with E-state index >= 15 is 0 Å². The second-order valence-corrected chi connectivity index (χ2v) is 4.37. The molecule has 4 heteroatoms. The molecule has 0 aliphatic rings. The third kappa shape index (κ3) is 2.22. The van der Waals surface area contributed by atoms with Crippen LogP contribution in [0.4, 0.5) is 0 Å². The molecule has 1 N–H and O–H groups in total. The maximum atomic E-state index is 10.3. The number of aliphatic carboxylic acids is 1. The number of fused-ring (bicyclic) bond motifs is 1. The van der Waals surface area contributed by atoms with Crippen molar-refractivity contribution in [2.45, 2.75) is 6.92 Å². The van der Waals surface area contributed by atoms with Gasteiger partial charge in [0, 0.05) is 6.08 Å². The van der Waals surface area contributed by atoms with Gasteiger partial charge in [0.25, 0.3) is 0 Å². The summed E-state index contributed by atoms with van der Waals surface area (Å²) < 4.78 is 1.12. The molecule has 0 unspecified atom stereocenters. The lowest BCUT2D eigenvalue weighted by Gasteiger charge is -1.91. The van der Waals surface area contributed by atoms with E-state index in [1.165, 1.54) is 0 Å². The van der Waals surface area contributed by atoms with Crippen molar-refractivity contribution in [2.75, 3.05) is 0 Å². The molecule has 0 fully saturated rings. The number of aromatic nitrogens is 1. The number of thiazole rings is 1. The SMILES string of the molecule is Cc1nc2cc(/C=C/C(=O)O)ccc2s1. The summed E-state index contributed by atoms with van der Waals surface area (Å²) in [5.41, 5.74) is 1.78. The lowest BCUT2D eigenvalue weighted by molar-refractivity contribution is -0.131. The van der Waals surface area contributed by atoms with Gasteiger partial charge in [0.2, 0.25) is 0 Å². The Morgan fingerprint density at radius 3 is 3.07 bits per heavy atom. The molecule has 1 aromatic heterocycles. The van der Waals surface area contributed by atoms with Crippen LogP contribution in [0.5, 0.6) is 0 Å². The van der Waals surface area contributed by atoms with Crippen molar-refractivity contribution in [3.05, 3.63) is 34.8 Å². The van der Waals surface area contributed by atoms with Crippen molar-refractivity contribution in [1.82, 2.24) is 4.98 Å². The minimum atomic E-state index is -0.940. The zero-order valence-corrected chi connectivity index (χ0v) is 8.91. The van der Waals surface area contributed by atoms with E-state index in [9.17, 15) is 4.79 Å². The van der Waals surface area contributed by atoms with Gasteiger partial charge in [-0.15, -0.1) is 11.3 Å². The third-order valence-electron chi connectivity index (χ3n) is 1.94. The number of carbonyl (C=O) groups is 1. The Morgan fingerprint density at radius 2 is 2.33 bits per heavy atom. The van der Waals surface area contributed by atoms with E-state index in [0.29, 0.717) is 0 Å². The van der Waals surface area contributed by atoms with Gasteiger partial charge >= 0.3 is 5.97 Å². The summed E-state index contributed by atoms with van der Waals surface area (Å²) in [7, 11) is 0. The van der Waals surface area contributed by atoms with Gasteiger partial charge < -0.3 is 5.11 Å². The van der Waals surface area contributed by atoms with E-state index in [2.05, 4.69) is 4.98 Å². The fourth-order valence-electron chi connectivity index (χ4n) is 1.33. The first kappa shape index (κ1) is 9.86. The summed E-state index contributed by atoms with van der Waals surface area (Å²) in [6.45, 7) is 1.96. The van der Waals surface area contributed by atoms with Crippen LogP contribution in [0.1, 0.15) is 10.6 Å². The maximum Gasteiger partial charge on any atom is 0.328 e. The Bertz CT molecular complexity index is 543. The second-order valence-electron chi connectivity index (χ2n) is 3.13. The molecule has 2 aromatic rings. The van der Waals surface area contributed by atoms with Crippen LogP contribution in [0.25, 0.3) is 16.3 Å². The van der Waals surface area contributed by atoms with Gasteiger partial charge in [-0.3, -0.25) is 0 Å². The van der Waals surface area contributed by atoms with E-state index < -0.39 is 5.97 Å². The normalized spacial score (nSPS) is 11.3. The highest BCUT2D eigenvalue weighted by Crippen LogP contribution is 2.22. The molecular formula is C11H9NO2S. The van der Waals surface area contributed by atoms with Crippen LogP contribution in [0.3, 0.4) is 0 Å². The highest BCUT2D eigenvalue weighted by Gasteiger charge is 2.00. The molecule has 2 rings (SSSR count). The number of aryl methyl sites for hydroxylation is 1. The molecule has 0 aliphatic carbocycles. The number of benzene rings is 1. The van der Waals surface area contributed by atoms with Crippen molar-refractivity contribution < 1.29 is 9.90 Å². The molecule has 0 saturated carbocycles. The molecule has 0 atom stereocenters. The van der Waals surface area contributed by atoms with E-state index in [1.807, 2.05) is 25.1 Å². The van der Waals surface area contributed by atoms with Gasteiger partial charge in [0.1, 0.15) is 0 Å². The van der Waals surface area contributed by atoms with E-state index in [4.69, 9.17) is 5.11 Å². The molecule has 0 spiro atoms. The second kappa shape index (κ2) is 3.82. The molecule has 0 bridgehead atoms. The molecule has 0 aliphatic heterocycles. The van der Waals surface area contributed by atoms with Gasteiger partial charge in [-0.2, -0.15) is 0 Å². The summed E-state index contributed by atoms with van der Waals surface area (Å²) in [6.07, 6.45) is 2.69. The number of carboxylic acid groups (broad SMARTS) is 1. The first-order valence-corrected chi connectivity index (χ1v) is 5.25. The summed E-state index contributed by atoms with van der Waals surface area (Å²) >= 11 is 1.63. The van der Waals surface area contributed by atoms with Crippen LogP contribution in [0.2, 0.25) is 0 Å². The molecule has 0 saturated heterocycles. The smallest absolute Gasteiger partial charge is 0.328 e. The van der Waals surface area contributed by atoms with Crippen molar-refractivity contribution in [1.29, 1.82) is 0 Å². The zero-order valence-electron chi connectivity index (χ0n) is 8.10. The van der Waals surface area contributed by atoms with Crippen LogP contribution >= 0.6 is 11.3 Å². The summed E-state index contributed by atoms with van der Waals surface area (Å²) in [5, 5.41) is 9.51. The van der Waals surface area contributed by atoms with Crippen LogP contribution in [-0.2, 0) is 4.79 Å². The first-order valence-electron chi connectivity index (χ1n) is 4.43. The predicted octanol–water partition coefficient (Wildman–Crippen LogP) is 2.70. The Hall–Kier alpha value is -1.68. The van der Waals surface area contributed by atoms with Crippen LogP contribution in [0.15, 0.2) is 24.3 Å². The van der Waals surface area contributed by atoms with Crippen molar-refractivity contribution >= 4 is 33.6 Å². The predicted molar refractivity (Wildman–Crippen MR) is 61.0 cm³/mol. The fourth-order valence-corrected chi connectivity index (χ4v) is 2.14. The molecule has 3 nitrogen and oxygen atoms in total. The van der Waals surface area contributed by atoms with Crippen molar-refractivity contribution in [3.63, 3.8) is 0 Å². The number of hydrogen-bond donors (Lipinski definition) is 1. The van der Waals surface area contributed by atoms with E-state index in [1.54, 1.807) is 17.4 Å². The third-order valence-corrected chi connectivity index (χ3v) is 2.89. The Labute approximate surface area is 90.7 Å². The van der Waals surface area contributed by atoms with Crippen LogP contribution in [-0.4, -0.2) is 16.1 Å². The number of rotatable bonds is 2. The van der Waals surface area contributed by atoms with Crippen molar-refractivity contribution in [2.24, 2.45) is 0 Å². The van der Waals surface area contributed by atoms with Gasteiger partial charge in [-0.25, -0.2) is 9.78 Å². The lowest BCUT2D eigenvalue weighted by atomic mass is 10.2. The quantitative estimate of drug-likeness (QED) is 0.790. The Balaban J connectivity index is 2.42.